The highest BCUT2D eigenvalue weighted by Crippen LogP contribution is 2.33. The predicted molar refractivity (Wildman–Crippen MR) is 101 cm³/mol. The molecule has 0 atom stereocenters. The summed E-state index contributed by atoms with van der Waals surface area (Å²) >= 11 is 0. The molecule has 136 valence electrons. The summed E-state index contributed by atoms with van der Waals surface area (Å²) in [5, 5.41) is 7.44. The average molecular weight is 354 g/mol. The van der Waals surface area contributed by atoms with Crippen molar-refractivity contribution >= 4 is 22.8 Å². The molecule has 0 spiro atoms. The Kier molecular flexibility index (Phi) is 4.24. The lowest BCUT2D eigenvalue weighted by atomic mass is 9.85. The molecule has 0 aliphatic heterocycles. The van der Waals surface area contributed by atoms with Crippen molar-refractivity contribution in [1.82, 2.24) is 14.6 Å². The Hall–Kier alpha value is -2.67. The highest BCUT2D eigenvalue weighted by atomic mass is 19.1. The number of hydrogen-bond donors (Lipinski definition) is 3. The number of halogens is 1. The third-order valence-electron chi connectivity index (χ3n) is 5.04. The molecular weight excluding hydrogens is 331 g/mol. The van der Waals surface area contributed by atoms with E-state index in [0.29, 0.717) is 34.8 Å². The number of benzene rings is 1. The molecule has 0 saturated heterocycles. The van der Waals surface area contributed by atoms with E-state index in [1.807, 2.05) is 13.1 Å². The van der Waals surface area contributed by atoms with Crippen molar-refractivity contribution in [2.24, 2.45) is 5.73 Å². The van der Waals surface area contributed by atoms with Crippen LogP contribution in [0.3, 0.4) is 0 Å². The third kappa shape index (κ3) is 3.22. The fraction of sp³-hybridized carbons (Fsp3) is 0.368. The Morgan fingerprint density at radius 2 is 1.92 bits per heavy atom. The second-order valence-corrected chi connectivity index (χ2v) is 7.14. The summed E-state index contributed by atoms with van der Waals surface area (Å²) in [7, 11) is 0. The zero-order chi connectivity index (χ0) is 18.3. The van der Waals surface area contributed by atoms with Crippen LogP contribution in [-0.2, 0) is 0 Å². The molecule has 0 unspecified atom stereocenters. The van der Waals surface area contributed by atoms with Crippen LogP contribution in [0.2, 0.25) is 0 Å². The Bertz CT molecular complexity index is 943. The Morgan fingerprint density at radius 1 is 1.15 bits per heavy atom. The molecule has 2 heterocycles. The number of nitrogens with two attached hydrogens (primary N) is 2. The summed E-state index contributed by atoms with van der Waals surface area (Å²) in [6.07, 6.45) is 5.98. The first-order valence-electron chi connectivity index (χ1n) is 8.94. The molecule has 1 saturated carbocycles. The van der Waals surface area contributed by atoms with Crippen molar-refractivity contribution in [3.63, 3.8) is 0 Å². The first kappa shape index (κ1) is 16.8. The van der Waals surface area contributed by atoms with Crippen molar-refractivity contribution in [3.8, 4) is 0 Å². The van der Waals surface area contributed by atoms with E-state index in [1.165, 1.54) is 6.07 Å². The highest BCUT2D eigenvalue weighted by Gasteiger charge is 2.23. The number of imidazole rings is 1. The number of fused-ring (bicyclic) bond motifs is 1. The molecule has 1 aliphatic rings. The predicted octanol–water partition coefficient (Wildman–Crippen LogP) is 3.49. The van der Waals surface area contributed by atoms with Crippen molar-refractivity contribution < 1.29 is 4.39 Å². The minimum absolute atomic E-state index is 0.290. The molecule has 1 aliphatic carbocycles. The smallest absolute Gasteiger partial charge is 0.177 e. The van der Waals surface area contributed by atoms with Crippen molar-refractivity contribution in [2.45, 2.75) is 44.6 Å². The van der Waals surface area contributed by atoms with Gasteiger partial charge in [-0.25, -0.2) is 13.9 Å². The number of rotatable bonds is 3. The lowest BCUT2D eigenvalue weighted by molar-refractivity contribution is 0.391. The number of aryl methyl sites for hydroxylation is 1. The topological polar surface area (TPSA) is 94.3 Å². The fourth-order valence-corrected chi connectivity index (χ4v) is 3.60. The van der Waals surface area contributed by atoms with Gasteiger partial charge in [-0.3, -0.25) is 0 Å². The van der Waals surface area contributed by atoms with Gasteiger partial charge in [0.15, 0.2) is 5.65 Å². The van der Waals surface area contributed by atoms with Crippen molar-refractivity contribution in [3.05, 3.63) is 47.5 Å². The molecular formula is C19H23FN6. The van der Waals surface area contributed by atoms with Crippen LogP contribution in [0.15, 0.2) is 30.5 Å². The molecule has 26 heavy (non-hydrogen) atoms. The molecule has 0 amide bonds. The summed E-state index contributed by atoms with van der Waals surface area (Å²) in [4.78, 5) is 4.77. The zero-order valence-corrected chi connectivity index (χ0v) is 14.7. The van der Waals surface area contributed by atoms with E-state index in [4.69, 9.17) is 16.5 Å². The number of hydrogen-bond acceptors (Lipinski definition) is 5. The maximum atomic E-state index is 14.1. The average Bonchev–Trinajstić information content (AvgIpc) is 3.03. The summed E-state index contributed by atoms with van der Waals surface area (Å²) in [6.45, 7) is 1.92. The first-order chi connectivity index (χ1) is 12.5. The van der Waals surface area contributed by atoms with E-state index < -0.39 is 0 Å². The van der Waals surface area contributed by atoms with Gasteiger partial charge in [0.1, 0.15) is 11.6 Å². The van der Waals surface area contributed by atoms with Crippen molar-refractivity contribution in [1.29, 1.82) is 0 Å². The standard InChI is InChI=1S/C19H23FN6/c1-11-2-7-14(20)15(8-11)23-16-9-18(22)25-26-10-17(24-19(16)26)12-3-5-13(21)6-4-12/h2,7-10,12-13,23H,3-6,21H2,1H3,(H2,22,25)/t12-,13-. The van der Waals surface area contributed by atoms with Crippen LogP contribution in [0, 0.1) is 12.7 Å². The summed E-state index contributed by atoms with van der Waals surface area (Å²) in [5.74, 6) is 0.404. The van der Waals surface area contributed by atoms with Gasteiger partial charge < -0.3 is 16.8 Å². The van der Waals surface area contributed by atoms with Gasteiger partial charge >= 0.3 is 0 Å². The van der Waals surface area contributed by atoms with Gasteiger partial charge in [0.05, 0.1) is 23.3 Å². The monoisotopic (exact) mass is 354 g/mol. The summed E-state index contributed by atoms with van der Waals surface area (Å²) < 4.78 is 15.8. The number of nitrogen functional groups attached to an aromatic ring is 1. The number of nitrogens with one attached hydrogen (secondary N) is 1. The SMILES string of the molecule is Cc1ccc(F)c(Nc2cc(N)nn3cc([C@H]4CC[C@H](N)CC4)nc23)c1. The number of aromatic nitrogens is 3. The van der Waals surface area contributed by atoms with E-state index in [0.717, 1.165) is 36.9 Å². The second-order valence-electron chi connectivity index (χ2n) is 7.14. The summed E-state index contributed by atoms with van der Waals surface area (Å²) in [5.41, 5.74) is 15.6. The van der Waals surface area contributed by atoms with Crippen LogP contribution in [0.25, 0.3) is 5.65 Å². The van der Waals surface area contributed by atoms with E-state index in [-0.39, 0.29) is 5.82 Å². The maximum absolute atomic E-state index is 14.1. The molecule has 2 aromatic heterocycles. The van der Waals surface area contributed by atoms with Crippen LogP contribution < -0.4 is 16.8 Å². The second kappa shape index (κ2) is 6.57. The van der Waals surface area contributed by atoms with Crippen LogP contribution in [0.4, 0.5) is 21.6 Å². The van der Waals surface area contributed by atoms with Gasteiger partial charge in [0, 0.05) is 18.0 Å². The van der Waals surface area contributed by atoms with Crippen LogP contribution in [0.1, 0.15) is 42.9 Å². The lowest BCUT2D eigenvalue weighted by Gasteiger charge is -2.24. The molecule has 3 aromatic rings. The maximum Gasteiger partial charge on any atom is 0.177 e. The molecule has 6 nitrogen and oxygen atoms in total. The van der Waals surface area contributed by atoms with Gasteiger partial charge in [0.2, 0.25) is 0 Å². The molecule has 1 fully saturated rings. The Balaban J connectivity index is 1.71. The van der Waals surface area contributed by atoms with Crippen LogP contribution >= 0.6 is 0 Å². The highest BCUT2D eigenvalue weighted by molar-refractivity contribution is 5.76. The van der Waals surface area contributed by atoms with E-state index in [9.17, 15) is 4.39 Å². The van der Waals surface area contributed by atoms with Crippen LogP contribution in [-0.4, -0.2) is 20.6 Å². The van der Waals surface area contributed by atoms with E-state index >= 15 is 0 Å². The van der Waals surface area contributed by atoms with Gasteiger partial charge in [0.25, 0.3) is 0 Å². The number of anilines is 3. The lowest BCUT2D eigenvalue weighted by Crippen LogP contribution is -2.25. The molecule has 1 aromatic carbocycles. The molecule has 5 N–H and O–H groups in total. The molecule has 7 heteroatoms. The van der Waals surface area contributed by atoms with Crippen molar-refractivity contribution in [2.75, 3.05) is 11.1 Å². The minimum atomic E-state index is -0.322. The Morgan fingerprint density at radius 3 is 2.69 bits per heavy atom. The molecule has 0 bridgehead atoms. The van der Waals surface area contributed by atoms with E-state index in [1.54, 1.807) is 22.7 Å². The van der Waals surface area contributed by atoms with Gasteiger partial charge in [-0.15, -0.1) is 5.10 Å². The van der Waals surface area contributed by atoms with Gasteiger partial charge in [-0.1, -0.05) is 6.07 Å². The molecule has 0 radical (unpaired) electrons. The van der Waals surface area contributed by atoms with Gasteiger partial charge in [-0.2, -0.15) is 0 Å². The quantitative estimate of drug-likeness (QED) is 0.669. The van der Waals surface area contributed by atoms with Gasteiger partial charge in [-0.05, 0) is 50.3 Å². The molecule has 4 rings (SSSR count). The number of nitrogens with zero attached hydrogens (tertiary/aromatic N) is 3. The fourth-order valence-electron chi connectivity index (χ4n) is 3.60. The third-order valence-corrected chi connectivity index (χ3v) is 5.04. The van der Waals surface area contributed by atoms with Crippen LogP contribution in [0.5, 0.6) is 0 Å². The largest absolute Gasteiger partial charge is 0.382 e. The normalized spacial score (nSPS) is 20.4. The zero-order valence-electron chi connectivity index (χ0n) is 14.7. The van der Waals surface area contributed by atoms with E-state index in [2.05, 4.69) is 10.4 Å². The summed E-state index contributed by atoms with van der Waals surface area (Å²) in [6, 6.07) is 6.91. The Labute approximate surface area is 151 Å². The first-order valence-corrected chi connectivity index (χ1v) is 8.94. The minimum Gasteiger partial charge on any atom is -0.382 e.